The molecule has 1 aliphatic heterocycles. The van der Waals surface area contributed by atoms with E-state index in [1.54, 1.807) is 9.80 Å². The summed E-state index contributed by atoms with van der Waals surface area (Å²) in [6.45, 7) is 2.05. The Morgan fingerprint density at radius 1 is 1.28 bits per heavy atom. The van der Waals surface area contributed by atoms with Crippen LogP contribution in [-0.4, -0.2) is 63.9 Å². The van der Waals surface area contributed by atoms with Gasteiger partial charge >= 0.3 is 11.7 Å². The van der Waals surface area contributed by atoms with Crippen molar-refractivity contribution in [1.29, 1.82) is 0 Å². The highest BCUT2D eigenvalue weighted by Gasteiger charge is 2.21. The smallest absolute Gasteiger partial charge is 0.342 e. The summed E-state index contributed by atoms with van der Waals surface area (Å²) in [6, 6.07) is 0. The third kappa shape index (κ3) is 2.74. The van der Waals surface area contributed by atoms with Crippen molar-refractivity contribution in [3.05, 3.63) is 20.8 Å². The lowest BCUT2D eigenvalue weighted by Crippen LogP contribution is -2.50. The number of hydrogen-bond donors (Lipinski definition) is 3. The van der Waals surface area contributed by atoms with E-state index in [0.29, 0.717) is 26.2 Å². The van der Waals surface area contributed by atoms with E-state index in [0.717, 1.165) is 0 Å². The molecule has 0 unspecified atom stereocenters. The Morgan fingerprint density at radius 2 is 1.94 bits per heavy atom. The second-order valence-electron chi connectivity index (χ2n) is 3.99. The molecule has 98 valence electrons. The molecule has 1 fully saturated rings. The van der Waals surface area contributed by atoms with Crippen molar-refractivity contribution in [2.45, 2.75) is 0 Å². The minimum Gasteiger partial charge on any atom is -0.480 e. The Hall–Kier alpha value is -2.16. The molecule has 0 amide bonds. The van der Waals surface area contributed by atoms with E-state index in [2.05, 4.69) is 15.2 Å². The highest BCUT2D eigenvalue weighted by atomic mass is 16.4. The standard InChI is InChI=1S/C9H13N5O4/c15-6(16)5-13-1-3-14(4-2-13)7-8(17)10-9(18)12-11-7/h1-5H2,(H,15,16)(H2,10,12,17,18). The maximum absolute atomic E-state index is 11.5. The van der Waals surface area contributed by atoms with E-state index in [4.69, 9.17) is 5.11 Å². The molecular weight excluding hydrogens is 242 g/mol. The number of aromatic nitrogens is 3. The Bertz CT molecular complexity index is 542. The average Bonchev–Trinajstić information content (AvgIpc) is 2.30. The van der Waals surface area contributed by atoms with Crippen molar-refractivity contribution in [2.75, 3.05) is 37.6 Å². The lowest BCUT2D eigenvalue weighted by molar-refractivity contribution is -0.138. The predicted molar refractivity (Wildman–Crippen MR) is 61.8 cm³/mol. The molecule has 0 bridgehead atoms. The van der Waals surface area contributed by atoms with Crippen LogP contribution in [0.3, 0.4) is 0 Å². The highest BCUT2D eigenvalue weighted by Crippen LogP contribution is 2.06. The van der Waals surface area contributed by atoms with Crippen LogP contribution in [0.2, 0.25) is 0 Å². The van der Waals surface area contributed by atoms with Crippen LogP contribution in [0.1, 0.15) is 0 Å². The van der Waals surface area contributed by atoms with Gasteiger partial charge in [0.2, 0.25) is 5.82 Å². The molecule has 0 radical (unpaired) electrons. The maximum Gasteiger partial charge on any atom is 0.342 e. The molecule has 2 heterocycles. The number of hydrogen-bond acceptors (Lipinski definition) is 6. The Morgan fingerprint density at radius 3 is 2.50 bits per heavy atom. The summed E-state index contributed by atoms with van der Waals surface area (Å²) in [5, 5.41) is 14.5. The van der Waals surface area contributed by atoms with Gasteiger partial charge in [-0.25, -0.2) is 9.89 Å². The van der Waals surface area contributed by atoms with Crippen LogP contribution in [0, 0.1) is 0 Å². The van der Waals surface area contributed by atoms with Gasteiger partial charge < -0.3 is 10.0 Å². The fourth-order valence-corrected chi connectivity index (χ4v) is 1.86. The van der Waals surface area contributed by atoms with E-state index in [1.165, 1.54) is 0 Å². The Labute approximate surface area is 101 Å². The average molecular weight is 255 g/mol. The first kappa shape index (κ1) is 12.3. The quantitative estimate of drug-likeness (QED) is 0.553. The molecule has 9 nitrogen and oxygen atoms in total. The largest absolute Gasteiger partial charge is 0.480 e. The fourth-order valence-electron chi connectivity index (χ4n) is 1.86. The second-order valence-corrected chi connectivity index (χ2v) is 3.99. The predicted octanol–water partition coefficient (Wildman–Crippen LogP) is -2.34. The first-order chi connectivity index (χ1) is 8.56. The number of aromatic amines is 2. The summed E-state index contributed by atoms with van der Waals surface area (Å²) in [7, 11) is 0. The lowest BCUT2D eigenvalue weighted by Gasteiger charge is -2.33. The molecule has 18 heavy (non-hydrogen) atoms. The second kappa shape index (κ2) is 5.00. The molecule has 3 N–H and O–H groups in total. The van der Waals surface area contributed by atoms with Gasteiger partial charge in [-0.05, 0) is 0 Å². The van der Waals surface area contributed by atoms with Gasteiger partial charge in [0.25, 0.3) is 5.56 Å². The van der Waals surface area contributed by atoms with Gasteiger partial charge in [0, 0.05) is 26.2 Å². The summed E-state index contributed by atoms with van der Waals surface area (Å²) in [5.41, 5.74) is -1.18. The summed E-state index contributed by atoms with van der Waals surface area (Å²) < 4.78 is 0. The van der Waals surface area contributed by atoms with Crippen molar-refractivity contribution in [2.24, 2.45) is 0 Å². The van der Waals surface area contributed by atoms with E-state index < -0.39 is 17.2 Å². The van der Waals surface area contributed by atoms with Gasteiger partial charge in [-0.3, -0.25) is 19.5 Å². The number of anilines is 1. The molecule has 0 atom stereocenters. The van der Waals surface area contributed by atoms with Crippen LogP contribution in [0.15, 0.2) is 9.59 Å². The van der Waals surface area contributed by atoms with E-state index >= 15 is 0 Å². The molecular formula is C9H13N5O4. The minimum absolute atomic E-state index is 0.0107. The number of carboxylic acid groups (broad SMARTS) is 1. The molecule has 9 heteroatoms. The number of aliphatic carboxylic acids is 1. The van der Waals surface area contributed by atoms with E-state index in [1.807, 2.05) is 0 Å². The third-order valence-electron chi connectivity index (χ3n) is 2.72. The fraction of sp³-hybridized carbons (Fsp3) is 0.556. The molecule has 0 aromatic carbocycles. The first-order valence-corrected chi connectivity index (χ1v) is 5.44. The number of rotatable bonds is 3. The van der Waals surface area contributed by atoms with Crippen LogP contribution < -0.4 is 16.1 Å². The molecule has 2 rings (SSSR count). The molecule has 0 saturated carbocycles. The lowest BCUT2D eigenvalue weighted by atomic mass is 10.3. The van der Waals surface area contributed by atoms with Crippen molar-refractivity contribution < 1.29 is 9.90 Å². The van der Waals surface area contributed by atoms with Gasteiger partial charge in [-0.15, -0.1) is 5.10 Å². The normalized spacial score (nSPS) is 16.8. The minimum atomic E-state index is -0.872. The monoisotopic (exact) mass is 255 g/mol. The van der Waals surface area contributed by atoms with Crippen molar-refractivity contribution in [3.8, 4) is 0 Å². The summed E-state index contributed by atoms with van der Waals surface area (Å²) >= 11 is 0. The van der Waals surface area contributed by atoms with Crippen LogP contribution in [0.25, 0.3) is 0 Å². The number of nitrogens with zero attached hydrogens (tertiary/aromatic N) is 3. The van der Waals surface area contributed by atoms with Gasteiger partial charge in [0.1, 0.15) is 0 Å². The highest BCUT2D eigenvalue weighted by molar-refractivity contribution is 5.69. The van der Waals surface area contributed by atoms with Crippen molar-refractivity contribution in [1.82, 2.24) is 20.1 Å². The first-order valence-electron chi connectivity index (χ1n) is 5.44. The van der Waals surface area contributed by atoms with Gasteiger partial charge in [-0.1, -0.05) is 0 Å². The number of nitrogens with one attached hydrogen (secondary N) is 2. The number of carboxylic acids is 1. The van der Waals surface area contributed by atoms with E-state index in [-0.39, 0.29) is 12.4 Å². The topological polar surface area (TPSA) is 122 Å². The number of H-pyrrole nitrogens is 2. The summed E-state index contributed by atoms with van der Waals surface area (Å²) in [5.74, 6) is -0.715. The zero-order valence-corrected chi connectivity index (χ0v) is 9.55. The molecule has 0 spiro atoms. The zero-order chi connectivity index (χ0) is 13.1. The van der Waals surface area contributed by atoms with Crippen LogP contribution >= 0.6 is 0 Å². The van der Waals surface area contributed by atoms with Gasteiger partial charge in [0.15, 0.2) is 0 Å². The number of carbonyl (C=O) groups is 1. The molecule has 0 aliphatic carbocycles. The SMILES string of the molecule is O=C(O)CN1CCN(c2n[nH]c(=O)[nH]c2=O)CC1. The van der Waals surface area contributed by atoms with Crippen LogP contribution in [0.5, 0.6) is 0 Å². The Kier molecular flexibility index (Phi) is 3.42. The molecule has 1 saturated heterocycles. The Balaban J connectivity index is 2.03. The van der Waals surface area contributed by atoms with Crippen LogP contribution in [0.4, 0.5) is 5.82 Å². The molecule has 1 aromatic rings. The number of piperazine rings is 1. The molecule has 1 aromatic heterocycles. The molecule has 1 aliphatic rings. The summed E-state index contributed by atoms with van der Waals surface area (Å²) in [6.07, 6.45) is 0. The maximum atomic E-state index is 11.5. The van der Waals surface area contributed by atoms with Crippen molar-refractivity contribution in [3.63, 3.8) is 0 Å². The van der Waals surface area contributed by atoms with Crippen LogP contribution in [-0.2, 0) is 4.79 Å². The van der Waals surface area contributed by atoms with Gasteiger partial charge in [0.05, 0.1) is 6.54 Å². The van der Waals surface area contributed by atoms with E-state index in [9.17, 15) is 14.4 Å². The zero-order valence-electron chi connectivity index (χ0n) is 9.55. The summed E-state index contributed by atoms with van der Waals surface area (Å²) in [4.78, 5) is 38.5. The van der Waals surface area contributed by atoms with Crippen molar-refractivity contribution >= 4 is 11.8 Å². The third-order valence-corrected chi connectivity index (χ3v) is 2.72. The van der Waals surface area contributed by atoms with Gasteiger partial charge in [-0.2, -0.15) is 0 Å².